The van der Waals surface area contributed by atoms with Gasteiger partial charge in [-0.05, 0) is 39.0 Å². The van der Waals surface area contributed by atoms with Gasteiger partial charge < -0.3 is 25.2 Å². The maximum atomic E-state index is 12.3. The Bertz CT molecular complexity index is 701. The van der Waals surface area contributed by atoms with Gasteiger partial charge in [-0.3, -0.25) is 4.79 Å². The Morgan fingerprint density at radius 3 is 2.33 bits per heavy atom. The van der Waals surface area contributed by atoms with Gasteiger partial charge in [-0.25, -0.2) is 9.59 Å². The number of urea groups is 1. The predicted octanol–water partition coefficient (Wildman–Crippen LogP) is 3.14. The molecule has 0 fully saturated rings. The molecule has 0 aromatic heterocycles. The molecule has 8 nitrogen and oxygen atoms in total. The minimum atomic E-state index is -0.576. The average Bonchev–Trinajstić information content (AvgIpc) is 2.53. The molecule has 0 bridgehead atoms. The Balaban J connectivity index is 2.61. The molecule has 0 aliphatic rings. The van der Waals surface area contributed by atoms with Gasteiger partial charge in [0.1, 0.15) is 5.60 Å². The van der Waals surface area contributed by atoms with Crippen LogP contribution in [0.25, 0.3) is 0 Å². The van der Waals surface area contributed by atoms with Crippen LogP contribution in [0, 0.1) is 0 Å². The number of nitrogens with zero attached hydrogens (tertiary/aromatic N) is 2. The Morgan fingerprint density at radius 2 is 1.78 bits per heavy atom. The van der Waals surface area contributed by atoms with E-state index in [1.165, 1.54) is 9.80 Å². The highest BCUT2D eigenvalue weighted by Gasteiger charge is 2.19. The highest BCUT2D eigenvalue weighted by molar-refractivity contribution is 9.10. The van der Waals surface area contributed by atoms with Gasteiger partial charge in [0.25, 0.3) is 5.91 Å². The lowest BCUT2D eigenvalue weighted by Gasteiger charge is -2.24. The normalized spacial score (nSPS) is 10.8. The SMILES string of the molecule is CN(C)C(=O)c1cc(Br)ccc1NC(=O)NCCN(C)C(=O)OC(C)(C)C. The molecule has 0 heterocycles. The van der Waals surface area contributed by atoms with Gasteiger partial charge >= 0.3 is 12.1 Å². The van der Waals surface area contributed by atoms with Crippen molar-refractivity contribution in [2.24, 2.45) is 0 Å². The van der Waals surface area contributed by atoms with Crippen molar-refractivity contribution in [3.63, 3.8) is 0 Å². The number of hydrogen-bond donors (Lipinski definition) is 2. The molecule has 0 atom stereocenters. The molecule has 1 rings (SSSR count). The molecule has 1 aromatic rings. The second-order valence-corrected chi connectivity index (χ2v) is 8.09. The molecule has 1 aromatic carbocycles. The number of rotatable bonds is 5. The quantitative estimate of drug-likeness (QED) is 0.732. The molecule has 0 unspecified atom stereocenters. The lowest BCUT2D eigenvalue weighted by molar-refractivity contribution is 0.0301. The van der Waals surface area contributed by atoms with E-state index in [9.17, 15) is 14.4 Å². The van der Waals surface area contributed by atoms with Crippen LogP contribution in [0.3, 0.4) is 0 Å². The van der Waals surface area contributed by atoms with E-state index in [0.717, 1.165) is 4.47 Å². The zero-order valence-corrected chi connectivity index (χ0v) is 18.1. The van der Waals surface area contributed by atoms with Crippen LogP contribution in [0.15, 0.2) is 22.7 Å². The fraction of sp³-hybridized carbons (Fsp3) is 0.500. The Morgan fingerprint density at radius 1 is 1.15 bits per heavy atom. The molecule has 2 N–H and O–H groups in total. The molecule has 0 aliphatic carbocycles. The van der Waals surface area contributed by atoms with Crippen molar-refractivity contribution in [3.8, 4) is 0 Å². The van der Waals surface area contributed by atoms with E-state index in [2.05, 4.69) is 26.6 Å². The van der Waals surface area contributed by atoms with Crippen molar-refractivity contribution in [1.29, 1.82) is 0 Å². The van der Waals surface area contributed by atoms with Crippen molar-refractivity contribution in [2.45, 2.75) is 26.4 Å². The number of nitrogens with one attached hydrogen (secondary N) is 2. The van der Waals surface area contributed by atoms with Crippen LogP contribution in [-0.4, -0.2) is 67.7 Å². The lowest BCUT2D eigenvalue weighted by atomic mass is 10.1. The van der Waals surface area contributed by atoms with Crippen molar-refractivity contribution in [2.75, 3.05) is 39.5 Å². The van der Waals surface area contributed by atoms with Crippen molar-refractivity contribution in [1.82, 2.24) is 15.1 Å². The van der Waals surface area contributed by atoms with Gasteiger partial charge in [-0.2, -0.15) is 0 Å². The molecule has 0 saturated heterocycles. The zero-order valence-electron chi connectivity index (χ0n) is 16.6. The number of ether oxygens (including phenoxy) is 1. The standard InChI is InChI=1S/C18H27BrN4O4/c1-18(2,3)27-17(26)23(6)10-9-20-16(25)21-14-8-7-12(19)11-13(14)15(24)22(4)5/h7-8,11H,9-10H2,1-6H3,(H2,20,21,25). The van der Waals surface area contributed by atoms with Crippen LogP contribution >= 0.6 is 15.9 Å². The largest absolute Gasteiger partial charge is 0.444 e. The van der Waals surface area contributed by atoms with E-state index in [1.807, 2.05) is 0 Å². The minimum absolute atomic E-state index is 0.226. The average molecular weight is 443 g/mol. The number of likely N-dealkylation sites (N-methyl/N-ethyl adjacent to an activating group) is 1. The highest BCUT2D eigenvalue weighted by atomic mass is 79.9. The van der Waals surface area contributed by atoms with Crippen LogP contribution < -0.4 is 10.6 Å². The monoisotopic (exact) mass is 442 g/mol. The fourth-order valence-corrected chi connectivity index (χ4v) is 2.34. The van der Waals surface area contributed by atoms with Crippen molar-refractivity contribution < 1.29 is 19.1 Å². The number of amides is 4. The van der Waals surface area contributed by atoms with Gasteiger partial charge in [0.2, 0.25) is 0 Å². The van der Waals surface area contributed by atoms with Gasteiger partial charge in [0.05, 0.1) is 11.3 Å². The summed E-state index contributed by atoms with van der Waals surface area (Å²) in [7, 11) is 4.87. The summed E-state index contributed by atoms with van der Waals surface area (Å²) in [4.78, 5) is 39.1. The molecule has 0 aliphatic heterocycles. The van der Waals surface area contributed by atoms with Gasteiger partial charge in [-0.15, -0.1) is 0 Å². The van der Waals surface area contributed by atoms with Crippen LogP contribution in [-0.2, 0) is 4.74 Å². The Kier molecular flexibility index (Phi) is 8.08. The fourth-order valence-electron chi connectivity index (χ4n) is 1.98. The first-order valence-electron chi connectivity index (χ1n) is 8.41. The first-order valence-corrected chi connectivity index (χ1v) is 9.20. The first kappa shape index (κ1) is 22.8. The van der Waals surface area contributed by atoms with E-state index >= 15 is 0 Å². The summed E-state index contributed by atoms with van der Waals surface area (Å²) in [6.07, 6.45) is -0.462. The van der Waals surface area contributed by atoms with Gasteiger partial charge in [-0.1, -0.05) is 15.9 Å². The topological polar surface area (TPSA) is 91.0 Å². The molecule has 4 amide bonds. The van der Waals surface area contributed by atoms with Gasteiger partial charge in [0, 0.05) is 38.7 Å². The second kappa shape index (κ2) is 9.59. The van der Waals surface area contributed by atoms with E-state index in [4.69, 9.17) is 4.74 Å². The summed E-state index contributed by atoms with van der Waals surface area (Å²) in [5.74, 6) is -0.226. The zero-order chi connectivity index (χ0) is 20.8. The summed E-state index contributed by atoms with van der Waals surface area (Å²) >= 11 is 3.32. The number of hydrogen-bond acceptors (Lipinski definition) is 4. The summed E-state index contributed by atoms with van der Waals surface area (Å²) < 4.78 is 5.97. The molecule has 0 saturated carbocycles. The first-order chi connectivity index (χ1) is 12.4. The lowest BCUT2D eigenvalue weighted by Crippen LogP contribution is -2.40. The molecule has 9 heteroatoms. The molecule has 0 spiro atoms. The third-order valence-corrected chi connectivity index (χ3v) is 3.80. The Hall–Kier alpha value is -2.29. The third-order valence-electron chi connectivity index (χ3n) is 3.30. The summed E-state index contributed by atoms with van der Waals surface area (Å²) in [5, 5.41) is 5.32. The van der Waals surface area contributed by atoms with Crippen LogP contribution in [0.4, 0.5) is 15.3 Å². The minimum Gasteiger partial charge on any atom is -0.444 e. The van der Waals surface area contributed by atoms with E-state index in [0.29, 0.717) is 11.3 Å². The maximum absolute atomic E-state index is 12.3. The number of benzene rings is 1. The highest BCUT2D eigenvalue weighted by Crippen LogP contribution is 2.22. The Labute approximate surface area is 168 Å². The third kappa shape index (κ3) is 7.86. The van der Waals surface area contributed by atoms with E-state index in [-0.39, 0.29) is 19.0 Å². The predicted molar refractivity (Wildman–Crippen MR) is 108 cm³/mol. The number of halogens is 1. The van der Waals surface area contributed by atoms with Gasteiger partial charge in [0.15, 0.2) is 0 Å². The summed E-state index contributed by atoms with van der Waals surface area (Å²) in [6.45, 7) is 5.88. The number of carbonyl (C=O) groups excluding carboxylic acids is 3. The van der Waals surface area contributed by atoms with Crippen LogP contribution in [0.2, 0.25) is 0 Å². The molecular formula is C18H27BrN4O4. The maximum Gasteiger partial charge on any atom is 0.410 e. The summed E-state index contributed by atoms with van der Waals surface area (Å²) in [5.41, 5.74) is 0.193. The number of anilines is 1. The molecule has 27 heavy (non-hydrogen) atoms. The van der Waals surface area contributed by atoms with Crippen molar-refractivity contribution >= 4 is 39.6 Å². The van der Waals surface area contributed by atoms with Crippen LogP contribution in [0.1, 0.15) is 31.1 Å². The molecule has 0 radical (unpaired) electrons. The number of carbonyl (C=O) groups is 3. The molecular weight excluding hydrogens is 416 g/mol. The smallest absolute Gasteiger partial charge is 0.410 e. The van der Waals surface area contributed by atoms with E-state index in [1.54, 1.807) is 60.1 Å². The molecule has 150 valence electrons. The second-order valence-electron chi connectivity index (χ2n) is 7.17. The van der Waals surface area contributed by atoms with Crippen LogP contribution in [0.5, 0.6) is 0 Å². The van der Waals surface area contributed by atoms with E-state index < -0.39 is 17.7 Å². The van der Waals surface area contributed by atoms with Crippen molar-refractivity contribution in [3.05, 3.63) is 28.2 Å². The summed E-state index contributed by atoms with van der Waals surface area (Å²) in [6, 6.07) is 4.56.